The second-order valence-electron chi connectivity index (χ2n) is 6.51. The third kappa shape index (κ3) is 6.43. The van der Waals surface area contributed by atoms with Crippen molar-refractivity contribution >= 4 is 40.6 Å². The van der Waals surface area contributed by atoms with Gasteiger partial charge in [-0.2, -0.15) is 0 Å². The Labute approximate surface area is 177 Å². The monoisotopic (exact) mass is 430 g/mol. The fraction of sp³-hybridized carbons (Fsp3) is 0.300. The molecule has 1 unspecified atom stereocenters. The molecule has 7 nitrogen and oxygen atoms in total. The van der Waals surface area contributed by atoms with Crippen LogP contribution in [0.1, 0.15) is 33.1 Å². The summed E-state index contributed by atoms with van der Waals surface area (Å²) in [6.45, 7) is 3.87. The normalized spacial score (nSPS) is 11.8. The highest BCUT2D eigenvalue weighted by molar-refractivity contribution is 7.99. The van der Waals surface area contributed by atoms with Crippen molar-refractivity contribution in [2.75, 3.05) is 11.1 Å². The maximum atomic E-state index is 12.3. The second kappa shape index (κ2) is 10.2. The highest BCUT2D eigenvalue weighted by Crippen LogP contribution is 2.19. The summed E-state index contributed by atoms with van der Waals surface area (Å²) in [6, 6.07) is 11.3. The zero-order valence-corrected chi connectivity index (χ0v) is 17.8. The van der Waals surface area contributed by atoms with Crippen molar-refractivity contribution in [1.82, 2.24) is 15.5 Å². The van der Waals surface area contributed by atoms with Gasteiger partial charge in [-0.25, -0.2) is 0 Å². The van der Waals surface area contributed by atoms with E-state index in [4.69, 9.17) is 4.42 Å². The average molecular weight is 431 g/mol. The zero-order valence-electron chi connectivity index (χ0n) is 16.2. The van der Waals surface area contributed by atoms with E-state index in [0.717, 1.165) is 17.0 Å². The van der Waals surface area contributed by atoms with Crippen LogP contribution in [0.2, 0.25) is 0 Å². The lowest BCUT2D eigenvalue weighted by Crippen LogP contribution is -2.35. The number of carbonyl (C=O) groups excluding carboxylic acids is 2. The van der Waals surface area contributed by atoms with Gasteiger partial charge in [0, 0.05) is 23.9 Å². The smallest absolute Gasteiger partial charge is 0.286 e. The first-order valence-corrected chi connectivity index (χ1v) is 11.1. The number of thioether (sulfide) groups is 1. The molecule has 0 radical (unpaired) electrons. The number of nitrogens with one attached hydrogen (secondary N) is 2. The van der Waals surface area contributed by atoms with Crippen molar-refractivity contribution < 1.29 is 14.0 Å². The number of anilines is 1. The molecule has 3 aromatic rings. The van der Waals surface area contributed by atoms with Gasteiger partial charge in [0.05, 0.1) is 12.0 Å². The Morgan fingerprint density at radius 1 is 1.21 bits per heavy atom. The van der Waals surface area contributed by atoms with Crippen LogP contribution in [-0.4, -0.2) is 33.8 Å². The van der Waals surface area contributed by atoms with Gasteiger partial charge >= 0.3 is 0 Å². The molecule has 0 aliphatic carbocycles. The van der Waals surface area contributed by atoms with Crippen LogP contribution in [0.5, 0.6) is 0 Å². The van der Waals surface area contributed by atoms with Gasteiger partial charge < -0.3 is 15.1 Å². The largest absolute Gasteiger partial charge is 0.469 e. The van der Waals surface area contributed by atoms with Crippen LogP contribution in [0.4, 0.5) is 5.69 Å². The number of carbonyl (C=O) groups is 2. The molecule has 0 aliphatic heterocycles. The maximum absolute atomic E-state index is 12.3. The number of nitrogens with zero attached hydrogens (tertiary/aromatic N) is 2. The van der Waals surface area contributed by atoms with E-state index in [-0.39, 0.29) is 17.9 Å². The van der Waals surface area contributed by atoms with Gasteiger partial charge in [-0.3, -0.25) is 9.59 Å². The summed E-state index contributed by atoms with van der Waals surface area (Å²) >= 11 is 2.67. The van der Waals surface area contributed by atoms with Crippen molar-refractivity contribution in [2.45, 2.75) is 32.1 Å². The number of benzene rings is 1. The molecule has 0 saturated heterocycles. The zero-order chi connectivity index (χ0) is 20.6. The van der Waals surface area contributed by atoms with Crippen molar-refractivity contribution in [2.24, 2.45) is 0 Å². The summed E-state index contributed by atoms with van der Waals surface area (Å²) in [7, 11) is 0. The van der Waals surface area contributed by atoms with E-state index >= 15 is 0 Å². The molecule has 3 rings (SSSR count). The minimum atomic E-state index is -0.280. The Morgan fingerprint density at radius 2 is 2.03 bits per heavy atom. The molecular weight excluding hydrogens is 408 g/mol. The molecule has 152 valence electrons. The van der Waals surface area contributed by atoms with Gasteiger partial charge in [0.25, 0.3) is 5.91 Å². The third-order valence-corrected chi connectivity index (χ3v) is 6.06. The van der Waals surface area contributed by atoms with Crippen LogP contribution in [0.15, 0.2) is 47.1 Å². The Hall–Kier alpha value is -2.65. The van der Waals surface area contributed by atoms with Gasteiger partial charge in [0.1, 0.15) is 10.8 Å². The number of furan rings is 1. The highest BCUT2D eigenvalue weighted by atomic mass is 32.2. The van der Waals surface area contributed by atoms with E-state index in [1.54, 1.807) is 6.26 Å². The number of hydrogen-bond donors (Lipinski definition) is 2. The standard InChI is InChI=1S/C20H22N4O3S2/c1-13-6-3-4-8-16(13)22-19(26)20-24-23-18(29-20)12-28-11-17(25)21-14(2)10-15-7-5-9-27-15/h3-9,14H,10-12H2,1-2H3,(H,21,25)(H,22,26). The first kappa shape index (κ1) is 21.1. The molecule has 0 fully saturated rings. The summed E-state index contributed by atoms with van der Waals surface area (Å²) in [4.78, 5) is 24.4. The summed E-state index contributed by atoms with van der Waals surface area (Å²) in [5.74, 6) is 1.35. The molecule has 2 heterocycles. The Morgan fingerprint density at radius 3 is 2.79 bits per heavy atom. The topological polar surface area (TPSA) is 97.1 Å². The van der Waals surface area contributed by atoms with Crippen LogP contribution in [0.3, 0.4) is 0 Å². The Kier molecular flexibility index (Phi) is 7.42. The molecular formula is C20H22N4O3S2. The van der Waals surface area contributed by atoms with E-state index in [1.807, 2.05) is 50.2 Å². The number of rotatable bonds is 9. The van der Waals surface area contributed by atoms with Crippen molar-refractivity contribution in [3.63, 3.8) is 0 Å². The van der Waals surface area contributed by atoms with Crippen LogP contribution in [-0.2, 0) is 17.0 Å². The van der Waals surface area contributed by atoms with Crippen LogP contribution in [0, 0.1) is 6.92 Å². The maximum Gasteiger partial charge on any atom is 0.286 e. The average Bonchev–Trinajstić information content (AvgIpc) is 3.35. The minimum absolute atomic E-state index is 0.00692. The van der Waals surface area contributed by atoms with Gasteiger partial charge in [-0.1, -0.05) is 29.5 Å². The number of aromatic nitrogens is 2. The van der Waals surface area contributed by atoms with Gasteiger partial charge in [-0.05, 0) is 37.6 Å². The predicted octanol–water partition coefficient (Wildman–Crippen LogP) is 3.67. The van der Waals surface area contributed by atoms with E-state index in [1.165, 1.54) is 23.1 Å². The predicted molar refractivity (Wildman–Crippen MR) is 115 cm³/mol. The van der Waals surface area contributed by atoms with E-state index in [2.05, 4.69) is 20.8 Å². The molecule has 0 saturated carbocycles. The first-order chi connectivity index (χ1) is 14.0. The molecule has 0 spiro atoms. The number of para-hydroxylation sites is 1. The molecule has 29 heavy (non-hydrogen) atoms. The second-order valence-corrected chi connectivity index (χ2v) is 8.56. The highest BCUT2D eigenvalue weighted by Gasteiger charge is 2.15. The summed E-state index contributed by atoms with van der Waals surface area (Å²) < 4.78 is 5.29. The molecule has 2 amide bonds. The first-order valence-electron chi connectivity index (χ1n) is 9.10. The lowest BCUT2D eigenvalue weighted by molar-refractivity contribution is -0.119. The lowest BCUT2D eigenvalue weighted by Gasteiger charge is -2.12. The number of hydrogen-bond acceptors (Lipinski definition) is 7. The van der Waals surface area contributed by atoms with Gasteiger partial charge in [-0.15, -0.1) is 22.0 Å². The molecule has 2 N–H and O–H groups in total. The van der Waals surface area contributed by atoms with E-state index < -0.39 is 0 Å². The lowest BCUT2D eigenvalue weighted by atomic mass is 10.2. The van der Waals surface area contributed by atoms with Crippen molar-refractivity contribution in [3.8, 4) is 0 Å². The number of aryl methyl sites for hydroxylation is 1. The molecule has 0 bridgehead atoms. The van der Waals surface area contributed by atoms with Gasteiger partial charge in [0.15, 0.2) is 0 Å². The summed E-state index contributed by atoms with van der Waals surface area (Å²) in [5, 5.41) is 14.8. The summed E-state index contributed by atoms with van der Waals surface area (Å²) in [6.07, 6.45) is 2.27. The van der Waals surface area contributed by atoms with Crippen molar-refractivity contribution in [1.29, 1.82) is 0 Å². The number of amides is 2. The van der Waals surface area contributed by atoms with Crippen molar-refractivity contribution in [3.05, 3.63) is 64.0 Å². The van der Waals surface area contributed by atoms with Crippen LogP contribution < -0.4 is 10.6 Å². The third-order valence-electron chi connectivity index (χ3n) is 4.01. The summed E-state index contributed by atoms with van der Waals surface area (Å²) in [5.41, 5.74) is 1.73. The van der Waals surface area contributed by atoms with E-state index in [9.17, 15) is 9.59 Å². The fourth-order valence-electron chi connectivity index (χ4n) is 2.62. The van der Waals surface area contributed by atoms with Crippen LogP contribution in [0.25, 0.3) is 0 Å². The van der Waals surface area contributed by atoms with Crippen LogP contribution >= 0.6 is 23.1 Å². The molecule has 1 aromatic carbocycles. The fourth-order valence-corrected chi connectivity index (χ4v) is 4.24. The Balaban J connectivity index is 1.41. The molecule has 9 heteroatoms. The quantitative estimate of drug-likeness (QED) is 0.538. The SMILES string of the molecule is Cc1ccccc1NC(=O)c1nnc(CSCC(=O)NC(C)Cc2ccco2)s1. The Bertz CT molecular complexity index is 956. The molecule has 0 aliphatic rings. The molecule has 2 aromatic heterocycles. The van der Waals surface area contributed by atoms with E-state index in [0.29, 0.717) is 27.9 Å². The van der Waals surface area contributed by atoms with Gasteiger partial charge in [0.2, 0.25) is 10.9 Å². The molecule has 1 atom stereocenters. The minimum Gasteiger partial charge on any atom is -0.469 e.